The number of nitrogen functional groups attached to an aromatic ring is 2. The number of amides is 1. The van der Waals surface area contributed by atoms with Gasteiger partial charge < -0.3 is 16.8 Å². The van der Waals surface area contributed by atoms with Gasteiger partial charge >= 0.3 is 0 Å². The molecule has 0 aliphatic rings. The standard InChI is InChI=1S/C20H17ClN6OS/c21-11-5-7-12(8-6-11)24-16(28)10-9-14-17(18(22)27-20(23)26-14)19-25-13-3-1-2-4-15(13)29-19/h1-8H,9-10H2,(H,24,28)(H4,22,23,26,27). The second-order valence-corrected chi connectivity index (χ2v) is 7.80. The minimum Gasteiger partial charge on any atom is -0.383 e. The van der Waals surface area contributed by atoms with E-state index in [0.29, 0.717) is 33.4 Å². The summed E-state index contributed by atoms with van der Waals surface area (Å²) in [6, 6.07) is 14.7. The number of nitrogens with one attached hydrogen (secondary N) is 1. The summed E-state index contributed by atoms with van der Waals surface area (Å²) in [5.41, 5.74) is 14.7. The van der Waals surface area contributed by atoms with Gasteiger partial charge in [0.2, 0.25) is 11.9 Å². The Morgan fingerprint density at radius 1 is 1.03 bits per heavy atom. The number of halogens is 1. The molecule has 4 rings (SSSR count). The van der Waals surface area contributed by atoms with E-state index >= 15 is 0 Å². The highest BCUT2D eigenvalue weighted by molar-refractivity contribution is 7.21. The lowest BCUT2D eigenvalue weighted by Crippen LogP contribution is -2.14. The number of thiazole rings is 1. The highest BCUT2D eigenvalue weighted by Crippen LogP contribution is 2.35. The molecule has 0 radical (unpaired) electrons. The van der Waals surface area contributed by atoms with Crippen molar-refractivity contribution < 1.29 is 4.79 Å². The maximum Gasteiger partial charge on any atom is 0.224 e. The maximum atomic E-state index is 12.4. The first-order valence-corrected chi connectivity index (χ1v) is 10.0. The molecule has 0 bridgehead atoms. The van der Waals surface area contributed by atoms with E-state index in [-0.39, 0.29) is 24.1 Å². The maximum absolute atomic E-state index is 12.4. The average molecular weight is 425 g/mol. The number of hydrogen-bond acceptors (Lipinski definition) is 7. The van der Waals surface area contributed by atoms with Crippen LogP contribution in [0.4, 0.5) is 17.5 Å². The lowest BCUT2D eigenvalue weighted by molar-refractivity contribution is -0.116. The molecule has 29 heavy (non-hydrogen) atoms. The molecule has 0 aliphatic carbocycles. The summed E-state index contributed by atoms with van der Waals surface area (Å²) >= 11 is 7.37. The molecule has 4 aromatic rings. The third-order valence-corrected chi connectivity index (χ3v) is 5.56. The Kier molecular flexibility index (Phi) is 5.28. The molecule has 2 aromatic carbocycles. The minimum absolute atomic E-state index is 0.0699. The van der Waals surface area contributed by atoms with Gasteiger partial charge in [-0.3, -0.25) is 4.79 Å². The zero-order valence-corrected chi connectivity index (χ0v) is 16.8. The van der Waals surface area contributed by atoms with E-state index in [9.17, 15) is 4.79 Å². The van der Waals surface area contributed by atoms with Crippen LogP contribution >= 0.6 is 22.9 Å². The molecular weight excluding hydrogens is 408 g/mol. The second kappa shape index (κ2) is 8.02. The quantitative estimate of drug-likeness (QED) is 0.442. The molecule has 5 N–H and O–H groups in total. The van der Waals surface area contributed by atoms with Crippen LogP contribution in [-0.2, 0) is 11.2 Å². The van der Waals surface area contributed by atoms with E-state index in [1.54, 1.807) is 24.3 Å². The fourth-order valence-corrected chi connectivity index (χ4v) is 4.10. The van der Waals surface area contributed by atoms with Crippen molar-refractivity contribution in [2.45, 2.75) is 12.8 Å². The van der Waals surface area contributed by atoms with Crippen LogP contribution in [0.3, 0.4) is 0 Å². The summed E-state index contributed by atoms with van der Waals surface area (Å²) in [6.07, 6.45) is 0.554. The molecule has 2 aromatic heterocycles. The van der Waals surface area contributed by atoms with Crippen LogP contribution in [0, 0.1) is 0 Å². The summed E-state index contributed by atoms with van der Waals surface area (Å²) in [4.78, 5) is 25.4. The predicted octanol–water partition coefficient (Wildman–Crippen LogP) is 4.14. The van der Waals surface area contributed by atoms with Crippen molar-refractivity contribution >= 4 is 56.5 Å². The highest BCUT2D eigenvalue weighted by atomic mass is 35.5. The number of benzene rings is 2. The molecule has 0 aliphatic heterocycles. The normalized spacial score (nSPS) is 10.9. The molecule has 0 fully saturated rings. The highest BCUT2D eigenvalue weighted by Gasteiger charge is 2.18. The summed E-state index contributed by atoms with van der Waals surface area (Å²) in [5.74, 6) is 0.170. The lowest BCUT2D eigenvalue weighted by Gasteiger charge is -2.10. The van der Waals surface area contributed by atoms with Crippen molar-refractivity contribution in [3.63, 3.8) is 0 Å². The number of aryl methyl sites for hydroxylation is 1. The van der Waals surface area contributed by atoms with Gasteiger partial charge in [-0.1, -0.05) is 23.7 Å². The fourth-order valence-electron chi connectivity index (χ4n) is 2.93. The molecule has 0 spiro atoms. The van der Waals surface area contributed by atoms with E-state index < -0.39 is 0 Å². The smallest absolute Gasteiger partial charge is 0.224 e. The van der Waals surface area contributed by atoms with Gasteiger partial charge in [-0.2, -0.15) is 4.98 Å². The van der Waals surface area contributed by atoms with Gasteiger partial charge in [-0.25, -0.2) is 9.97 Å². The van der Waals surface area contributed by atoms with Crippen molar-refractivity contribution in [3.05, 3.63) is 59.2 Å². The van der Waals surface area contributed by atoms with Crippen molar-refractivity contribution in [2.24, 2.45) is 0 Å². The molecule has 7 nitrogen and oxygen atoms in total. The van der Waals surface area contributed by atoms with Crippen LogP contribution in [0.25, 0.3) is 20.8 Å². The van der Waals surface area contributed by atoms with Gasteiger partial charge in [-0.05, 0) is 42.8 Å². The zero-order chi connectivity index (χ0) is 20.4. The van der Waals surface area contributed by atoms with Gasteiger partial charge in [-0.15, -0.1) is 11.3 Å². The summed E-state index contributed by atoms with van der Waals surface area (Å²) in [7, 11) is 0. The van der Waals surface area contributed by atoms with E-state index in [1.165, 1.54) is 11.3 Å². The van der Waals surface area contributed by atoms with Crippen molar-refractivity contribution in [2.75, 3.05) is 16.8 Å². The first-order chi connectivity index (χ1) is 14.0. The zero-order valence-electron chi connectivity index (χ0n) is 15.2. The van der Waals surface area contributed by atoms with Crippen molar-refractivity contribution in [3.8, 4) is 10.6 Å². The van der Waals surface area contributed by atoms with Crippen LogP contribution < -0.4 is 16.8 Å². The Labute approximate surface area is 175 Å². The van der Waals surface area contributed by atoms with Gasteiger partial charge in [0.1, 0.15) is 10.8 Å². The summed E-state index contributed by atoms with van der Waals surface area (Å²) < 4.78 is 1.03. The Balaban J connectivity index is 1.58. The molecule has 146 valence electrons. The molecule has 0 atom stereocenters. The van der Waals surface area contributed by atoms with E-state index in [2.05, 4.69) is 20.3 Å². The number of hydrogen-bond donors (Lipinski definition) is 3. The lowest BCUT2D eigenvalue weighted by atomic mass is 10.1. The van der Waals surface area contributed by atoms with Crippen LogP contribution in [0.5, 0.6) is 0 Å². The van der Waals surface area contributed by atoms with Crippen LogP contribution in [0.1, 0.15) is 12.1 Å². The first-order valence-electron chi connectivity index (χ1n) is 8.83. The van der Waals surface area contributed by atoms with Crippen molar-refractivity contribution in [1.29, 1.82) is 0 Å². The number of aromatic nitrogens is 3. The number of rotatable bonds is 5. The van der Waals surface area contributed by atoms with E-state index in [1.807, 2.05) is 24.3 Å². The Hall–Kier alpha value is -3.23. The molecule has 0 saturated carbocycles. The Bertz CT molecular complexity index is 1160. The molecule has 1 amide bonds. The molecular formula is C20H17ClN6OS. The number of para-hydroxylation sites is 1. The molecule has 0 saturated heterocycles. The van der Waals surface area contributed by atoms with Crippen LogP contribution in [0.15, 0.2) is 48.5 Å². The Morgan fingerprint density at radius 3 is 2.55 bits per heavy atom. The number of carbonyl (C=O) groups is 1. The molecule has 9 heteroatoms. The van der Waals surface area contributed by atoms with Gasteiger partial charge in [0, 0.05) is 17.1 Å². The van der Waals surface area contributed by atoms with Gasteiger partial charge in [0.25, 0.3) is 0 Å². The van der Waals surface area contributed by atoms with Gasteiger partial charge in [0.05, 0.1) is 21.5 Å². The minimum atomic E-state index is -0.154. The predicted molar refractivity (Wildman–Crippen MR) is 118 cm³/mol. The first kappa shape index (κ1) is 19.1. The topological polar surface area (TPSA) is 120 Å². The van der Waals surface area contributed by atoms with Crippen LogP contribution in [0.2, 0.25) is 5.02 Å². The van der Waals surface area contributed by atoms with Gasteiger partial charge in [0.15, 0.2) is 0 Å². The molecule has 2 heterocycles. The number of anilines is 3. The van der Waals surface area contributed by atoms with Crippen molar-refractivity contribution in [1.82, 2.24) is 15.0 Å². The second-order valence-electron chi connectivity index (χ2n) is 6.33. The third-order valence-electron chi connectivity index (χ3n) is 4.25. The van der Waals surface area contributed by atoms with Crippen LogP contribution in [-0.4, -0.2) is 20.9 Å². The number of carbonyl (C=O) groups excluding carboxylic acids is 1. The third kappa shape index (κ3) is 4.28. The van der Waals surface area contributed by atoms with E-state index in [0.717, 1.165) is 10.2 Å². The number of nitrogens with two attached hydrogens (primary N) is 2. The number of fused-ring (bicyclic) bond motifs is 1. The Morgan fingerprint density at radius 2 is 1.79 bits per heavy atom. The summed E-state index contributed by atoms with van der Waals surface area (Å²) in [5, 5.41) is 4.15. The average Bonchev–Trinajstić information content (AvgIpc) is 3.11. The van der Waals surface area contributed by atoms with E-state index in [4.69, 9.17) is 23.1 Å². The SMILES string of the molecule is Nc1nc(N)c(-c2nc3ccccc3s2)c(CCC(=O)Nc2ccc(Cl)cc2)n1. The fraction of sp³-hybridized carbons (Fsp3) is 0.100. The monoisotopic (exact) mass is 424 g/mol. The molecule has 0 unspecified atom stereocenters. The summed E-state index contributed by atoms with van der Waals surface area (Å²) in [6.45, 7) is 0. The number of nitrogens with zero attached hydrogens (tertiary/aromatic N) is 3. The largest absolute Gasteiger partial charge is 0.383 e.